The molecule has 38 heavy (non-hydrogen) atoms. The van der Waals surface area contributed by atoms with E-state index < -0.39 is 28.7 Å². The van der Waals surface area contributed by atoms with Crippen LogP contribution in [0, 0.1) is 0 Å². The molecule has 2 aromatic heterocycles. The van der Waals surface area contributed by atoms with Crippen LogP contribution in [0.15, 0.2) is 46.6 Å². The van der Waals surface area contributed by atoms with E-state index in [-0.39, 0.29) is 28.0 Å². The number of oxime groups is 1. The number of carbonyl (C=O) groups excluding carboxylic acids is 2. The maximum Gasteiger partial charge on any atom is 0.353 e. The minimum atomic E-state index is -1.66. The molecule has 1 saturated heterocycles. The third kappa shape index (κ3) is 4.24. The highest BCUT2D eigenvalue weighted by Crippen LogP contribution is 2.48. The molecular formula is C22H17N7O5S4. The largest absolute Gasteiger partial charge is 0.477 e. The zero-order chi connectivity index (χ0) is 27.0. The Bertz CT molecular complexity index is 1520. The topological polar surface area (TPSA) is 173 Å². The minimum Gasteiger partial charge on any atom is -0.477 e. The second-order valence-corrected chi connectivity index (χ2v) is 11.1. The van der Waals surface area contributed by atoms with Gasteiger partial charge in [0.2, 0.25) is 0 Å². The average molecular weight is 588 g/mol. The lowest BCUT2D eigenvalue weighted by atomic mass is 9.87. The summed E-state index contributed by atoms with van der Waals surface area (Å²) in [6, 6.07) is 9.35. The molecule has 4 N–H and O–H groups in total. The van der Waals surface area contributed by atoms with E-state index in [9.17, 15) is 19.5 Å². The fourth-order valence-electron chi connectivity index (χ4n) is 3.98. The quantitative estimate of drug-likeness (QED) is 0.152. The summed E-state index contributed by atoms with van der Waals surface area (Å²) in [5, 5.41) is 27.9. The number of hydrogen-bond donors (Lipinski definition) is 3. The van der Waals surface area contributed by atoms with E-state index in [4.69, 9.17) is 22.8 Å². The number of carbonyl (C=O) groups is 3. The van der Waals surface area contributed by atoms with Gasteiger partial charge in [0.1, 0.15) is 33.9 Å². The number of carboxylic acids is 1. The summed E-state index contributed by atoms with van der Waals surface area (Å²) in [7, 11) is 1.26. The van der Waals surface area contributed by atoms with Crippen molar-refractivity contribution in [3.8, 4) is 10.6 Å². The third-order valence-corrected chi connectivity index (χ3v) is 9.12. The number of aliphatic carboxylic acids is 1. The van der Waals surface area contributed by atoms with Crippen LogP contribution in [-0.2, 0) is 19.2 Å². The van der Waals surface area contributed by atoms with Crippen LogP contribution in [0.4, 0.5) is 5.13 Å². The van der Waals surface area contributed by atoms with Crippen LogP contribution in [0.5, 0.6) is 0 Å². The number of rotatable bonds is 8. The maximum atomic E-state index is 13.5. The van der Waals surface area contributed by atoms with Crippen molar-refractivity contribution in [1.82, 2.24) is 25.4 Å². The summed E-state index contributed by atoms with van der Waals surface area (Å²) in [5.74, 6) is -2.59. The summed E-state index contributed by atoms with van der Waals surface area (Å²) < 4.78 is 0. The lowest BCUT2D eigenvalue weighted by Gasteiger charge is -2.55. The fourth-order valence-corrected chi connectivity index (χ4v) is 7.33. The molecule has 1 fully saturated rings. The minimum absolute atomic E-state index is 0.158. The summed E-state index contributed by atoms with van der Waals surface area (Å²) in [4.78, 5) is 49.0. The number of thiocarbonyl (C=S) groups is 1. The molecule has 0 radical (unpaired) electrons. The maximum absolute atomic E-state index is 13.5. The molecule has 3 aromatic rings. The van der Waals surface area contributed by atoms with E-state index in [1.54, 1.807) is 0 Å². The predicted octanol–water partition coefficient (Wildman–Crippen LogP) is 1.86. The van der Waals surface area contributed by atoms with Crippen LogP contribution in [0.25, 0.3) is 16.1 Å². The third-order valence-electron chi connectivity index (χ3n) is 5.68. The van der Waals surface area contributed by atoms with E-state index >= 15 is 0 Å². The van der Waals surface area contributed by atoms with Gasteiger partial charge < -0.3 is 21.0 Å². The van der Waals surface area contributed by atoms with Gasteiger partial charge in [0.05, 0.1) is 0 Å². The van der Waals surface area contributed by atoms with Gasteiger partial charge in [-0.1, -0.05) is 59.0 Å². The van der Waals surface area contributed by atoms with Gasteiger partial charge in [-0.3, -0.25) is 14.5 Å². The van der Waals surface area contributed by atoms with Gasteiger partial charge in [-0.25, -0.2) is 9.78 Å². The number of thioether (sulfide) groups is 1. The second kappa shape index (κ2) is 10.2. The van der Waals surface area contributed by atoms with Crippen LogP contribution < -0.4 is 11.1 Å². The highest BCUT2D eigenvalue weighted by atomic mass is 32.2. The van der Waals surface area contributed by atoms with Crippen molar-refractivity contribution in [1.29, 1.82) is 0 Å². The molecule has 0 aliphatic carbocycles. The van der Waals surface area contributed by atoms with Gasteiger partial charge in [0, 0.05) is 27.6 Å². The molecule has 194 valence electrons. The summed E-state index contributed by atoms with van der Waals surface area (Å²) in [6.45, 7) is 0. The Morgan fingerprint density at radius 1 is 1.32 bits per heavy atom. The number of β-lactam (4-membered cyclic amide) rings is 1. The number of aromatic nitrogens is 3. The van der Waals surface area contributed by atoms with Crippen molar-refractivity contribution in [2.24, 2.45) is 5.16 Å². The SMILES string of the molecule is CON=C(C(=O)N[C@]1(C=S)C(=O)N2C(C(=O)O)=C(c3nnc(-c4ccccc4)s3)CS[C@H]21)c1csc(N)n1. The van der Waals surface area contributed by atoms with Crippen molar-refractivity contribution in [3.63, 3.8) is 0 Å². The Kier molecular flexibility index (Phi) is 6.95. The van der Waals surface area contributed by atoms with E-state index in [0.29, 0.717) is 15.6 Å². The number of anilines is 1. The zero-order valence-electron chi connectivity index (χ0n) is 19.4. The lowest BCUT2D eigenvalue weighted by molar-refractivity contribution is -0.153. The first-order valence-electron chi connectivity index (χ1n) is 10.7. The van der Waals surface area contributed by atoms with Crippen LogP contribution in [0.1, 0.15) is 10.7 Å². The van der Waals surface area contributed by atoms with Gasteiger partial charge in [-0.2, -0.15) is 0 Å². The van der Waals surface area contributed by atoms with Crippen LogP contribution >= 0.6 is 46.7 Å². The summed E-state index contributed by atoms with van der Waals surface area (Å²) in [6.07, 6.45) is 0. The molecule has 0 spiro atoms. The number of thiazole rings is 1. The smallest absolute Gasteiger partial charge is 0.353 e. The van der Waals surface area contributed by atoms with E-state index in [1.807, 2.05) is 30.3 Å². The summed E-state index contributed by atoms with van der Waals surface area (Å²) >= 11 is 8.75. The van der Waals surface area contributed by atoms with E-state index in [2.05, 4.69) is 25.7 Å². The van der Waals surface area contributed by atoms with E-state index in [0.717, 1.165) is 27.2 Å². The molecule has 16 heteroatoms. The molecule has 5 rings (SSSR count). The Balaban J connectivity index is 1.46. The number of nitrogens with two attached hydrogens (primary N) is 1. The molecule has 1 aromatic carbocycles. The Morgan fingerprint density at radius 2 is 2.05 bits per heavy atom. The van der Waals surface area contributed by atoms with Crippen molar-refractivity contribution in [3.05, 3.63) is 52.1 Å². The molecule has 0 unspecified atom stereocenters. The Morgan fingerprint density at radius 3 is 2.68 bits per heavy atom. The molecule has 0 bridgehead atoms. The highest BCUT2D eigenvalue weighted by molar-refractivity contribution is 8.00. The van der Waals surface area contributed by atoms with Gasteiger partial charge >= 0.3 is 5.97 Å². The monoisotopic (exact) mass is 587 g/mol. The number of benzene rings is 1. The van der Waals surface area contributed by atoms with Gasteiger partial charge in [-0.05, 0) is 0 Å². The lowest BCUT2D eigenvalue weighted by Crippen LogP contribution is -2.80. The first kappa shape index (κ1) is 25.9. The molecule has 4 heterocycles. The van der Waals surface area contributed by atoms with Gasteiger partial charge in [0.25, 0.3) is 11.8 Å². The number of carboxylic acid groups (broad SMARTS) is 1. The van der Waals surface area contributed by atoms with Gasteiger partial charge in [-0.15, -0.1) is 33.3 Å². The number of hydrogen-bond acceptors (Lipinski definition) is 13. The Labute approximate surface area is 232 Å². The van der Waals surface area contributed by atoms with Gasteiger partial charge in [0.15, 0.2) is 16.4 Å². The van der Waals surface area contributed by atoms with Crippen molar-refractivity contribution < 1.29 is 24.3 Å². The van der Waals surface area contributed by atoms with Crippen molar-refractivity contribution in [2.75, 3.05) is 18.6 Å². The first-order valence-corrected chi connectivity index (χ1v) is 13.9. The normalized spacial score (nSPS) is 21.0. The summed E-state index contributed by atoms with van der Waals surface area (Å²) in [5.41, 5.74) is 4.94. The molecular weight excluding hydrogens is 571 g/mol. The van der Waals surface area contributed by atoms with Crippen molar-refractivity contribution in [2.45, 2.75) is 10.9 Å². The molecule has 2 aliphatic rings. The molecule has 12 nitrogen and oxygen atoms in total. The highest BCUT2D eigenvalue weighted by Gasteiger charge is 2.65. The number of amides is 2. The molecule has 2 amide bonds. The number of nitrogen functional groups attached to an aromatic ring is 1. The average Bonchev–Trinajstić information content (AvgIpc) is 3.59. The van der Waals surface area contributed by atoms with Crippen LogP contribution in [0.3, 0.4) is 0 Å². The second-order valence-electron chi connectivity index (χ2n) is 7.88. The number of nitrogens with zero attached hydrogens (tertiary/aromatic N) is 5. The van der Waals surface area contributed by atoms with E-state index in [1.165, 1.54) is 35.6 Å². The molecule has 0 saturated carbocycles. The molecule has 2 aliphatic heterocycles. The standard InChI is InChI=1S/C22H17N7O5S4/c1-34-28-13(12-8-37-21(23)24-12)15(30)25-22(9-35)19(33)29-14(18(31)32)11(7-36-20(22)29)17-27-26-16(38-17)10-5-3-2-4-6-10/h2-6,8-9,20H,7H2,1H3,(H2,23,24)(H,25,30)(H,31,32)/t20-,22+/m0/s1. The first-order chi connectivity index (χ1) is 18.3. The molecule has 2 atom stereocenters. The number of nitrogens with one attached hydrogen (secondary N) is 1. The fraction of sp³-hybridized carbons (Fsp3) is 0.182. The predicted molar refractivity (Wildman–Crippen MR) is 148 cm³/mol. The zero-order valence-corrected chi connectivity index (χ0v) is 22.6. The van der Waals surface area contributed by atoms with Crippen LogP contribution in [0.2, 0.25) is 0 Å². The Hall–Kier alpha value is -3.73. The van der Waals surface area contributed by atoms with Crippen molar-refractivity contribution >= 4 is 86.2 Å². The number of fused-ring (bicyclic) bond motifs is 1. The van der Waals surface area contributed by atoms with Crippen LogP contribution in [-0.4, -0.2) is 77.8 Å².